The number of nitrogens with zero attached hydrogens (tertiary/aromatic N) is 6. The molecule has 0 radical (unpaired) electrons. The van der Waals surface area contributed by atoms with Crippen LogP contribution in [0.3, 0.4) is 0 Å². The monoisotopic (exact) mass is 439 g/mol. The maximum atomic E-state index is 13.4. The van der Waals surface area contributed by atoms with Gasteiger partial charge in [-0.2, -0.15) is 0 Å². The van der Waals surface area contributed by atoms with Crippen molar-refractivity contribution >= 4 is 22.9 Å². The molecule has 0 bridgehead atoms. The fourth-order valence-corrected chi connectivity index (χ4v) is 4.22. The van der Waals surface area contributed by atoms with Crippen LogP contribution in [0, 0.1) is 5.92 Å². The Hall–Kier alpha value is -3.56. The number of amides is 1. The molecule has 1 atom stereocenters. The molecule has 0 saturated carbocycles. The SMILES string of the molecule is C=CC(=O)N1CCC(Cn2cc(Nc3cn(C)nc3OC)c3ncc(C(C)C)n3c2=O)C1. The summed E-state index contributed by atoms with van der Waals surface area (Å²) in [6.45, 7) is 9.42. The van der Waals surface area contributed by atoms with Gasteiger partial charge in [-0.15, -0.1) is 5.10 Å². The second-order valence-electron chi connectivity index (χ2n) is 8.47. The molecule has 4 heterocycles. The van der Waals surface area contributed by atoms with Crippen LogP contribution in [0.25, 0.3) is 5.65 Å². The average Bonchev–Trinajstić information content (AvgIpc) is 3.49. The van der Waals surface area contributed by atoms with Crippen molar-refractivity contribution in [2.24, 2.45) is 13.0 Å². The van der Waals surface area contributed by atoms with Crippen LogP contribution in [0.1, 0.15) is 31.9 Å². The first kappa shape index (κ1) is 21.7. The number of aryl methyl sites for hydroxylation is 1. The van der Waals surface area contributed by atoms with Crippen molar-refractivity contribution < 1.29 is 9.53 Å². The van der Waals surface area contributed by atoms with Crippen molar-refractivity contribution in [3.63, 3.8) is 0 Å². The Morgan fingerprint density at radius 3 is 2.84 bits per heavy atom. The van der Waals surface area contributed by atoms with Gasteiger partial charge in [0.25, 0.3) is 5.88 Å². The molecule has 0 aliphatic carbocycles. The molecular formula is C22H29N7O3. The first-order valence-electron chi connectivity index (χ1n) is 10.7. The summed E-state index contributed by atoms with van der Waals surface area (Å²) in [5.41, 5.74) is 2.62. The third kappa shape index (κ3) is 3.88. The minimum atomic E-state index is -0.140. The van der Waals surface area contributed by atoms with Crippen LogP contribution in [-0.2, 0) is 18.4 Å². The lowest BCUT2D eigenvalue weighted by atomic mass is 10.1. The fourth-order valence-electron chi connectivity index (χ4n) is 4.22. The van der Waals surface area contributed by atoms with Crippen LogP contribution >= 0.6 is 0 Å². The molecule has 1 aliphatic heterocycles. The Labute approximate surface area is 186 Å². The van der Waals surface area contributed by atoms with Gasteiger partial charge in [-0.05, 0) is 24.3 Å². The van der Waals surface area contributed by atoms with Gasteiger partial charge in [0.1, 0.15) is 5.69 Å². The number of carbonyl (C=O) groups is 1. The molecule has 32 heavy (non-hydrogen) atoms. The first-order valence-corrected chi connectivity index (χ1v) is 10.7. The molecule has 3 aromatic heterocycles. The smallest absolute Gasteiger partial charge is 0.334 e. The van der Waals surface area contributed by atoms with E-state index in [0.29, 0.717) is 42.5 Å². The van der Waals surface area contributed by atoms with Crippen molar-refractivity contribution in [2.75, 3.05) is 25.5 Å². The van der Waals surface area contributed by atoms with Crippen LogP contribution in [0.4, 0.5) is 11.4 Å². The summed E-state index contributed by atoms with van der Waals surface area (Å²) in [7, 11) is 3.37. The van der Waals surface area contributed by atoms with Crippen molar-refractivity contribution in [2.45, 2.75) is 32.7 Å². The highest BCUT2D eigenvalue weighted by Gasteiger charge is 2.26. The standard InChI is InChI=1S/C22H29N7O3/c1-6-19(30)27-8-7-15(10-27)11-28-13-16(24-17-12-26(4)25-21(17)32-5)20-23-9-18(14(2)3)29(20)22(28)31/h6,9,12-15,24H,1,7-8,10-11H2,2-5H3. The Bertz CT molecular complexity index is 1220. The van der Waals surface area contributed by atoms with E-state index in [-0.39, 0.29) is 23.4 Å². The molecule has 1 N–H and O–H groups in total. The molecule has 4 rings (SSSR count). The fraction of sp³-hybridized carbons (Fsp3) is 0.455. The second kappa shape index (κ2) is 8.52. The number of methoxy groups -OCH3 is 1. The molecule has 170 valence electrons. The van der Waals surface area contributed by atoms with E-state index in [2.05, 4.69) is 22.0 Å². The van der Waals surface area contributed by atoms with Gasteiger partial charge in [0.2, 0.25) is 5.91 Å². The van der Waals surface area contributed by atoms with Gasteiger partial charge in [0.05, 0.1) is 24.7 Å². The highest BCUT2D eigenvalue weighted by molar-refractivity contribution is 5.87. The number of anilines is 2. The number of hydrogen-bond acceptors (Lipinski definition) is 6. The lowest BCUT2D eigenvalue weighted by Crippen LogP contribution is -2.32. The Morgan fingerprint density at radius 1 is 1.38 bits per heavy atom. The number of ether oxygens (including phenoxy) is 1. The predicted molar refractivity (Wildman–Crippen MR) is 121 cm³/mol. The number of fused-ring (bicyclic) bond motifs is 1. The van der Waals surface area contributed by atoms with E-state index < -0.39 is 0 Å². The number of aromatic nitrogens is 5. The molecule has 1 amide bonds. The van der Waals surface area contributed by atoms with Gasteiger partial charge in [0, 0.05) is 39.1 Å². The number of nitrogens with one attached hydrogen (secondary N) is 1. The molecule has 1 fully saturated rings. The maximum Gasteiger partial charge on any atom is 0.334 e. The molecule has 1 unspecified atom stereocenters. The molecule has 3 aromatic rings. The maximum absolute atomic E-state index is 13.4. The van der Waals surface area contributed by atoms with E-state index in [9.17, 15) is 9.59 Å². The van der Waals surface area contributed by atoms with Gasteiger partial charge in [-0.3, -0.25) is 14.0 Å². The highest BCUT2D eigenvalue weighted by atomic mass is 16.5. The van der Waals surface area contributed by atoms with Gasteiger partial charge in [-0.1, -0.05) is 20.4 Å². The molecule has 1 saturated heterocycles. The van der Waals surface area contributed by atoms with E-state index in [1.165, 1.54) is 6.08 Å². The zero-order valence-corrected chi connectivity index (χ0v) is 18.9. The van der Waals surface area contributed by atoms with Crippen molar-refractivity contribution in [3.8, 4) is 5.88 Å². The summed E-state index contributed by atoms with van der Waals surface area (Å²) in [5, 5.41) is 7.62. The number of likely N-dealkylation sites (tertiary alicyclic amines) is 1. The van der Waals surface area contributed by atoms with E-state index in [1.54, 1.807) is 38.1 Å². The lowest BCUT2D eigenvalue weighted by Gasteiger charge is -2.17. The molecule has 1 aliphatic rings. The van der Waals surface area contributed by atoms with E-state index in [0.717, 1.165) is 12.1 Å². The molecule has 0 spiro atoms. The van der Waals surface area contributed by atoms with Crippen LogP contribution in [-0.4, -0.2) is 54.7 Å². The molecular weight excluding hydrogens is 410 g/mol. The lowest BCUT2D eigenvalue weighted by molar-refractivity contribution is -0.125. The summed E-state index contributed by atoms with van der Waals surface area (Å²) < 4.78 is 10.4. The number of rotatable bonds is 7. The highest BCUT2D eigenvalue weighted by Crippen LogP contribution is 2.29. The van der Waals surface area contributed by atoms with E-state index in [4.69, 9.17) is 4.74 Å². The number of hydrogen-bond donors (Lipinski definition) is 1. The minimum Gasteiger partial charge on any atom is -0.478 e. The Balaban J connectivity index is 1.75. The van der Waals surface area contributed by atoms with Gasteiger partial charge in [0.15, 0.2) is 5.65 Å². The summed E-state index contributed by atoms with van der Waals surface area (Å²) in [6.07, 6.45) is 7.53. The summed E-state index contributed by atoms with van der Waals surface area (Å²) >= 11 is 0. The van der Waals surface area contributed by atoms with Crippen LogP contribution in [0.15, 0.2) is 36.0 Å². The minimum absolute atomic E-state index is 0.0713. The average molecular weight is 440 g/mol. The van der Waals surface area contributed by atoms with Gasteiger partial charge in [-0.25, -0.2) is 14.2 Å². The van der Waals surface area contributed by atoms with E-state index >= 15 is 0 Å². The van der Waals surface area contributed by atoms with Crippen LogP contribution in [0.2, 0.25) is 0 Å². The summed E-state index contributed by atoms with van der Waals surface area (Å²) in [4.78, 5) is 31.7. The second-order valence-corrected chi connectivity index (χ2v) is 8.47. The number of carbonyl (C=O) groups excluding carboxylic acids is 1. The topological polar surface area (TPSA) is 98.7 Å². The third-order valence-corrected chi connectivity index (χ3v) is 5.83. The van der Waals surface area contributed by atoms with Crippen molar-refractivity contribution in [3.05, 3.63) is 47.4 Å². The molecule has 0 aromatic carbocycles. The largest absolute Gasteiger partial charge is 0.478 e. The Kier molecular flexibility index (Phi) is 5.77. The van der Waals surface area contributed by atoms with E-state index in [1.807, 2.05) is 27.1 Å². The third-order valence-electron chi connectivity index (χ3n) is 5.83. The van der Waals surface area contributed by atoms with Crippen LogP contribution < -0.4 is 15.7 Å². The van der Waals surface area contributed by atoms with Crippen LogP contribution in [0.5, 0.6) is 5.88 Å². The number of imidazole rings is 1. The zero-order valence-electron chi connectivity index (χ0n) is 18.9. The molecule has 10 nitrogen and oxygen atoms in total. The predicted octanol–water partition coefficient (Wildman–Crippen LogP) is 2.14. The summed E-state index contributed by atoms with van der Waals surface area (Å²) in [6, 6.07) is 0. The normalized spacial score (nSPS) is 16.2. The summed E-state index contributed by atoms with van der Waals surface area (Å²) in [5.74, 6) is 0.689. The van der Waals surface area contributed by atoms with Gasteiger partial charge < -0.3 is 15.0 Å². The van der Waals surface area contributed by atoms with Crippen molar-refractivity contribution in [1.29, 1.82) is 0 Å². The Morgan fingerprint density at radius 2 is 2.16 bits per heavy atom. The van der Waals surface area contributed by atoms with Crippen molar-refractivity contribution in [1.82, 2.24) is 28.6 Å². The first-order chi connectivity index (χ1) is 15.3. The molecule has 10 heteroatoms. The zero-order chi connectivity index (χ0) is 23.0. The van der Waals surface area contributed by atoms with Gasteiger partial charge >= 0.3 is 5.69 Å². The quantitative estimate of drug-likeness (QED) is 0.567.